The van der Waals surface area contributed by atoms with Gasteiger partial charge in [0, 0.05) is 12.8 Å². The van der Waals surface area contributed by atoms with Crippen molar-refractivity contribution in [3.05, 3.63) is 0 Å². The van der Waals surface area contributed by atoms with E-state index in [2.05, 4.69) is 19.2 Å². The maximum atomic E-state index is 12.8. The number of unbranched alkanes of at least 4 members (excludes halogenated alkanes) is 32. The third-order valence-electron chi connectivity index (χ3n) is 11.7. The van der Waals surface area contributed by atoms with Crippen LogP contribution in [0.4, 0.5) is 0 Å². The van der Waals surface area contributed by atoms with Crippen LogP contribution < -0.4 is 11.1 Å². The van der Waals surface area contributed by atoms with Crippen molar-refractivity contribution < 1.29 is 24.2 Å². The number of nitrogens with two attached hydrogens (primary N) is 1. The molecule has 56 heavy (non-hydrogen) atoms. The molecule has 332 valence electrons. The third kappa shape index (κ3) is 40.6. The van der Waals surface area contributed by atoms with Gasteiger partial charge in [-0.15, -0.1) is 0 Å². The number of carbonyl (C=O) groups is 3. The maximum Gasteiger partial charge on any atom is 0.326 e. The summed E-state index contributed by atoms with van der Waals surface area (Å²) in [5, 5.41) is 12.0. The molecule has 0 aromatic carbocycles. The molecule has 0 rings (SSSR count). The molecular weight excluding hydrogens is 697 g/mol. The van der Waals surface area contributed by atoms with E-state index in [-0.39, 0.29) is 18.0 Å². The van der Waals surface area contributed by atoms with Crippen molar-refractivity contribution in [3.8, 4) is 0 Å². The van der Waals surface area contributed by atoms with Crippen molar-refractivity contribution in [2.24, 2.45) is 5.73 Å². The quantitative estimate of drug-likeness (QED) is 0.0417. The Hall–Kier alpha value is -1.63. The summed E-state index contributed by atoms with van der Waals surface area (Å²) in [5.41, 5.74) is 5.49. The van der Waals surface area contributed by atoms with Crippen molar-refractivity contribution in [1.82, 2.24) is 5.32 Å². The molecule has 0 fully saturated rings. The first-order valence-corrected chi connectivity index (χ1v) is 24.9. The number of hydrogen-bond donors (Lipinski definition) is 3. The number of carboxylic acid groups (broad SMARTS) is 1. The Kier molecular flexibility index (Phi) is 43.2. The number of amides is 1. The fraction of sp³-hybridized carbons (Fsp3) is 0.939. The van der Waals surface area contributed by atoms with Gasteiger partial charge in [0.1, 0.15) is 12.1 Å². The Morgan fingerprint density at radius 2 is 0.768 bits per heavy atom. The number of ether oxygens (including phenoxy) is 1. The highest BCUT2D eigenvalue weighted by atomic mass is 16.5. The number of rotatable bonds is 46. The molecule has 1 amide bonds. The van der Waals surface area contributed by atoms with E-state index in [4.69, 9.17) is 10.5 Å². The zero-order valence-corrected chi connectivity index (χ0v) is 37.5. The Morgan fingerprint density at radius 1 is 0.446 bits per heavy atom. The Balaban J connectivity index is 4.12. The van der Waals surface area contributed by atoms with Gasteiger partial charge in [0.05, 0.1) is 0 Å². The minimum absolute atomic E-state index is 0.0124. The molecule has 0 aromatic rings. The zero-order valence-electron chi connectivity index (χ0n) is 37.5. The van der Waals surface area contributed by atoms with Crippen LogP contribution in [0.1, 0.15) is 277 Å². The second kappa shape index (κ2) is 44.5. The Bertz CT molecular complexity index is 852. The normalized spacial score (nSPS) is 12.5. The minimum atomic E-state index is -0.999. The van der Waals surface area contributed by atoms with Crippen LogP contribution in [-0.2, 0) is 19.1 Å². The summed E-state index contributed by atoms with van der Waals surface area (Å²) < 4.78 is 6.07. The van der Waals surface area contributed by atoms with E-state index < -0.39 is 12.0 Å². The summed E-state index contributed by atoms with van der Waals surface area (Å²) in [5.74, 6) is -1.21. The van der Waals surface area contributed by atoms with Gasteiger partial charge in [0.25, 0.3) is 0 Å². The second-order valence-electron chi connectivity index (χ2n) is 17.2. The lowest BCUT2D eigenvalue weighted by molar-refractivity contribution is -0.150. The molecule has 0 radical (unpaired) electrons. The maximum absolute atomic E-state index is 12.8. The first-order valence-electron chi connectivity index (χ1n) is 24.9. The van der Waals surface area contributed by atoms with E-state index in [0.29, 0.717) is 32.2 Å². The number of nitrogens with one attached hydrogen (secondary N) is 1. The molecule has 2 unspecified atom stereocenters. The minimum Gasteiger partial charge on any atom is -0.480 e. The molecule has 0 aliphatic rings. The predicted molar refractivity (Wildman–Crippen MR) is 239 cm³/mol. The van der Waals surface area contributed by atoms with Crippen LogP contribution in [0.15, 0.2) is 0 Å². The van der Waals surface area contributed by atoms with Gasteiger partial charge in [-0.05, 0) is 57.9 Å². The van der Waals surface area contributed by atoms with Crippen molar-refractivity contribution in [1.29, 1.82) is 0 Å². The average molecular weight is 793 g/mol. The summed E-state index contributed by atoms with van der Waals surface area (Å²) in [6, 6.07) is -0.852. The highest BCUT2D eigenvalue weighted by Crippen LogP contribution is 2.20. The number of carbonyl (C=O) groups excluding carboxylic acids is 2. The molecule has 0 heterocycles. The van der Waals surface area contributed by atoms with Gasteiger partial charge in [-0.3, -0.25) is 9.59 Å². The number of hydrogen-bond acceptors (Lipinski definition) is 5. The second-order valence-corrected chi connectivity index (χ2v) is 17.2. The molecule has 4 N–H and O–H groups in total. The fourth-order valence-electron chi connectivity index (χ4n) is 7.92. The summed E-state index contributed by atoms with van der Waals surface area (Å²) in [4.78, 5) is 36.5. The average Bonchev–Trinajstić information content (AvgIpc) is 3.18. The van der Waals surface area contributed by atoms with Gasteiger partial charge in [-0.2, -0.15) is 0 Å². The number of carboxylic acids is 1. The molecule has 0 aliphatic heterocycles. The van der Waals surface area contributed by atoms with Gasteiger partial charge >= 0.3 is 11.9 Å². The number of aliphatic carboxylic acids is 1. The van der Waals surface area contributed by atoms with Crippen LogP contribution in [0.2, 0.25) is 0 Å². The van der Waals surface area contributed by atoms with Crippen LogP contribution in [0.5, 0.6) is 0 Å². The lowest BCUT2D eigenvalue weighted by atomic mass is 10.0. The van der Waals surface area contributed by atoms with Crippen LogP contribution in [0.3, 0.4) is 0 Å². The fourth-order valence-corrected chi connectivity index (χ4v) is 7.92. The highest BCUT2D eigenvalue weighted by molar-refractivity contribution is 5.83. The first kappa shape index (κ1) is 54.4. The van der Waals surface area contributed by atoms with Crippen LogP contribution in [0, 0.1) is 0 Å². The van der Waals surface area contributed by atoms with Crippen molar-refractivity contribution in [3.63, 3.8) is 0 Å². The van der Waals surface area contributed by atoms with Crippen LogP contribution >= 0.6 is 0 Å². The van der Waals surface area contributed by atoms with Gasteiger partial charge in [-0.1, -0.05) is 213 Å². The van der Waals surface area contributed by atoms with Crippen LogP contribution in [-0.4, -0.2) is 41.6 Å². The summed E-state index contributed by atoms with van der Waals surface area (Å²) in [7, 11) is 0. The third-order valence-corrected chi connectivity index (χ3v) is 11.7. The van der Waals surface area contributed by atoms with Crippen molar-refractivity contribution >= 4 is 17.8 Å². The Morgan fingerprint density at radius 3 is 1.11 bits per heavy atom. The van der Waals surface area contributed by atoms with E-state index in [9.17, 15) is 19.5 Å². The van der Waals surface area contributed by atoms with Gasteiger partial charge < -0.3 is 20.9 Å². The lowest BCUT2D eigenvalue weighted by Crippen LogP contribution is -2.40. The highest BCUT2D eigenvalue weighted by Gasteiger charge is 2.19. The zero-order chi connectivity index (χ0) is 41.0. The molecule has 0 spiro atoms. The van der Waals surface area contributed by atoms with E-state index in [0.717, 1.165) is 64.2 Å². The molecule has 0 aromatic heterocycles. The molecule has 0 saturated heterocycles. The predicted octanol–water partition coefficient (Wildman–Crippen LogP) is 14.5. The molecule has 7 heteroatoms. The molecule has 2 atom stereocenters. The smallest absolute Gasteiger partial charge is 0.326 e. The van der Waals surface area contributed by atoms with E-state index in [1.165, 1.54) is 173 Å². The van der Waals surface area contributed by atoms with Gasteiger partial charge in [0.2, 0.25) is 5.91 Å². The van der Waals surface area contributed by atoms with Crippen molar-refractivity contribution in [2.75, 3.05) is 6.54 Å². The Labute approximate surface area is 348 Å². The summed E-state index contributed by atoms with van der Waals surface area (Å²) >= 11 is 0. The topological polar surface area (TPSA) is 119 Å². The van der Waals surface area contributed by atoms with Gasteiger partial charge in [-0.25, -0.2) is 4.79 Å². The van der Waals surface area contributed by atoms with Crippen LogP contribution in [0.25, 0.3) is 0 Å². The van der Waals surface area contributed by atoms with E-state index in [1.807, 2.05) is 0 Å². The summed E-state index contributed by atoms with van der Waals surface area (Å²) in [6.07, 6.45) is 48.8. The molecule has 0 saturated carbocycles. The first-order chi connectivity index (χ1) is 27.4. The van der Waals surface area contributed by atoms with Gasteiger partial charge in [0.15, 0.2) is 0 Å². The standard InChI is InChI=1S/C49H96N2O5/c1-3-5-7-9-11-13-15-16-17-18-19-20-21-22-23-24-26-28-33-37-43-48(53)56-45(39-34-30-27-25-14-12-10-8-6-4-2)40-35-31-29-32-36-42-47(52)51-46(49(54)55)41-38-44-50/h45-46H,3-44,50H2,1-2H3,(H,51,52)(H,54,55). The lowest BCUT2D eigenvalue weighted by Gasteiger charge is -2.18. The van der Waals surface area contributed by atoms with E-state index in [1.54, 1.807) is 0 Å². The largest absolute Gasteiger partial charge is 0.480 e. The van der Waals surface area contributed by atoms with Crippen molar-refractivity contribution in [2.45, 2.75) is 289 Å². The molecular formula is C49H96N2O5. The SMILES string of the molecule is CCCCCCCCCCCCCCCCCCCCCCC(=O)OC(CCCCCCCCCCCC)CCCCCCCC(=O)NC(CCCN)C(=O)O. The molecule has 0 bridgehead atoms. The summed E-state index contributed by atoms with van der Waals surface area (Å²) in [6.45, 7) is 4.97. The molecule has 7 nitrogen and oxygen atoms in total. The number of esters is 1. The van der Waals surface area contributed by atoms with E-state index >= 15 is 0 Å². The monoisotopic (exact) mass is 793 g/mol. The molecule has 0 aliphatic carbocycles.